The Hall–Kier alpha value is -2.41. The van der Waals surface area contributed by atoms with Gasteiger partial charge in [-0.1, -0.05) is 35.9 Å². The number of aryl methyl sites for hydroxylation is 1. The smallest absolute Gasteiger partial charge is 0.249 e. The summed E-state index contributed by atoms with van der Waals surface area (Å²) in [5.41, 5.74) is 1.89. The van der Waals surface area contributed by atoms with Gasteiger partial charge >= 0.3 is 0 Å². The highest BCUT2D eigenvalue weighted by atomic mass is 35.5. The number of aromatic nitrogens is 1. The average molecular weight is 416 g/mol. The number of sulfone groups is 1. The van der Waals surface area contributed by atoms with Gasteiger partial charge in [-0.2, -0.15) is 0 Å². The molecule has 0 atom stereocenters. The van der Waals surface area contributed by atoms with E-state index in [1.54, 1.807) is 48.5 Å². The predicted octanol–water partition coefficient (Wildman–Crippen LogP) is 5.05. The van der Waals surface area contributed by atoms with E-state index in [-0.39, 0.29) is 14.7 Å². The fourth-order valence-corrected chi connectivity index (χ4v) is 6.32. The lowest BCUT2D eigenvalue weighted by atomic mass is 10.1. The number of nitrogens with one attached hydrogen (secondary N) is 1. The molecule has 0 aliphatic carbocycles. The Morgan fingerprint density at radius 2 is 1.74 bits per heavy atom. The lowest BCUT2D eigenvalue weighted by molar-refractivity contribution is 0.598. The molecular weight excluding hydrogens is 402 g/mol. The number of benzene rings is 2. The number of rotatable bonds is 3. The van der Waals surface area contributed by atoms with Gasteiger partial charge in [0.15, 0.2) is 0 Å². The third kappa shape index (κ3) is 3.20. The van der Waals surface area contributed by atoms with Gasteiger partial charge in [-0.3, -0.25) is 4.79 Å². The summed E-state index contributed by atoms with van der Waals surface area (Å²) in [6, 6.07) is 16.9. The minimum atomic E-state index is -3.76. The number of aromatic amines is 1. The summed E-state index contributed by atoms with van der Waals surface area (Å²) in [4.78, 5) is 15.2. The van der Waals surface area contributed by atoms with Crippen molar-refractivity contribution in [3.63, 3.8) is 0 Å². The van der Waals surface area contributed by atoms with E-state index in [4.69, 9.17) is 11.6 Å². The summed E-state index contributed by atoms with van der Waals surface area (Å²) < 4.78 is 27.0. The van der Waals surface area contributed by atoms with E-state index >= 15 is 0 Å². The molecule has 0 fully saturated rings. The Morgan fingerprint density at radius 3 is 2.44 bits per heavy atom. The number of H-pyrrole nitrogens is 1. The molecular formula is C20H14ClNO3S2. The van der Waals surface area contributed by atoms with Crippen LogP contribution < -0.4 is 5.56 Å². The first-order valence-electron chi connectivity index (χ1n) is 8.10. The Bertz CT molecular complexity index is 1320. The molecule has 0 aliphatic rings. The monoisotopic (exact) mass is 415 g/mol. The van der Waals surface area contributed by atoms with E-state index in [0.29, 0.717) is 20.8 Å². The van der Waals surface area contributed by atoms with E-state index in [0.717, 1.165) is 22.5 Å². The van der Waals surface area contributed by atoms with Gasteiger partial charge < -0.3 is 4.98 Å². The molecule has 2 aromatic carbocycles. The fourth-order valence-electron chi connectivity index (χ4n) is 2.96. The summed E-state index contributed by atoms with van der Waals surface area (Å²) >= 11 is 7.06. The van der Waals surface area contributed by atoms with Crippen molar-refractivity contribution in [1.82, 2.24) is 4.98 Å². The number of hydrogen-bond donors (Lipinski definition) is 1. The summed E-state index contributed by atoms with van der Waals surface area (Å²) in [6.07, 6.45) is 0. The zero-order valence-corrected chi connectivity index (χ0v) is 16.6. The predicted molar refractivity (Wildman–Crippen MR) is 110 cm³/mol. The van der Waals surface area contributed by atoms with Crippen molar-refractivity contribution < 1.29 is 8.42 Å². The molecule has 1 N–H and O–H groups in total. The lowest BCUT2D eigenvalue weighted by Gasteiger charge is -2.08. The summed E-state index contributed by atoms with van der Waals surface area (Å²) in [5, 5.41) is 1.25. The van der Waals surface area contributed by atoms with Gasteiger partial charge in [0.2, 0.25) is 15.4 Å². The molecule has 0 spiro atoms. The zero-order valence-electron chi connectivity index (χ0n) is 14.2. The molecule has 136 valence electrons. The fraction of sp³-hybridized carbons (Fsp3) is 0.0500. The molecule has 0 aliphatic heterocycles. The number of pyridine rings is 1. The molecule has 4 nitrogen and oxygen atoms in total. The Labute approximate surface area is 165 Å². The van der Waals surface area contributed by atoms with Crippen LogP contribution in [0.15, 0.2) is 74.6 Å². The van der Waals surface area contributed by atoms with Crippen LogP contribution in [0.5, 0.6) is 0 Å². The lowest BCUT2D eigenvalue weighted by Crippen LogP contribution is -2.02. The average Bonchev–Trinajstić information content (AvgIpc) is 3.01. The number of halogens is 1. The molecule has 7 heteroatoms. The van der Waals surface area contributed by atoms with Crippen LogP contribution in [0.2, 0.25) is 5.02 Å². The minimum Gasteiger partial charge on any atom is -0.314 e. The topological polar surface area (TPSA) is 67.0 Å². The standard InChI is InChI=1S/C20H14ClNO3S2/c1-12-3-2-4-15(11-12)27(24,25)20-18(13-5-7-14(21)8-6-13)16-9-10-17(23)22-19(16)26-20/h2-11H,1H3,(H,22,23). The van der Waals surface area contributed by atoms with Crippen molar-refractivity contribution in [1.29, 1.82) is 0 Å². The largest absolute Gasteiger partial charge is 0.314 e. The van der Waals surface area contributed by atoms with Gasteiger partial charge in [0.05, 0.1) is 4.90 Å². The molecule has 0 saturated carbocycles. The van der Waals surface area contributed by atoms with Gasteiger partial charge in [0.25, 0.3) is 0 Å². The second kappa shape index (κ2) is 6.64. The summed E-state index contributed by atoms with van der Waals surface area (Å²) in [6.45, 7) is 1.85. The van der Waals surface area contributed by atoms with E-state index in [1.165, 1.54) is 6.07 Å². The van der Waals surface area contributed by atoms with Gasteiger partial charge in [0.1, 0.15) is 9.04 Å². The summed E-state index contributed by atoms with van der Waals surface area (Å²) in [7, 11) is -3.76. The van der Waals surface area contributed by atoms with Crippen molar-refractivity contribution in [3.8, 4) is 11.1 Å². The van der Waals surface area contributed by atoms with Gasteiger partial charge in [-0.05, 0) is 48.4 Å². The molecule has 0 unspecified atom stereocenters. The Morgan fingerprint density at radius 1 is 1.00 bits per heavy atom. The molecule has 0 saturated heterocycles. The van der Waals surface area contributed by atoms with Crippen LogP contribution in [-0.4, -0.2) is 13.4 Å². The maximum atomic E-state index is 13.4. The van der Waals surface area contributed by atoms with Crippen molar-refractivity contribution in [2.75, 3.05) is 0 Å². The quantitative estimate of drug-likeness (QED) is 0.509. The van der Waals surface area contributed by atoms with Crippen LogP contribution in [-0.2, 0) is 9.84 Å². The molecule has 2 heterocycles. The molecule has 2 aromatic heterocycles. The molecule has 4 rings (SSSR count). The normalized spacial score (nSPS) is 11.8. The Balaban J connectivity index is 2.07. The van der Waals surface area contributed by atoms with Crippen molar-refractivity contribution >= 4 is 43.0 Å². The van der Waals surface area contributed by atoms with Crippen molar-refractivity contribution in [3.05, 3.63) is 81.6 Å². The number of hydrogen-bond acceptors (Lipinski definition) is 4. The first kappa shape index (κ1) is 18.0. The van der Waals surface area contributed by atoms with E-state index < -0.39 is 9.84 Å². The maximum absolute atomic E-state index is 13.4. The van der Waals surface area contributed by atoms with Crippen LogP contribution in [0.1, 0.15) is 5.56 Å². The van der Waals surface area contributed by atoms with Gasteiger partial charge in [0, 0.05) is 22.0 Å². The first-order chi connectivity index (χ1) is 12.9. The second-order valence-electron chi connectivity index (χ2n) is 6.16. The van der Waals surface area contributed by atoms with Gasteiger partial charge in [-0.15, -0.1) is 11.3 Å². The van der Waals surface area contributed by atoms with E-state index in [2.05, 4.69) is 4.98 Å². The molecule has 4 aromatic rings. The van der Waals surface area contributed by atoms with Crippen LogP contribution in [0.4, 0.5) is 0 Å². The van der Waals surface area contributed by atoms with Crippen molar-refractivity contribution in [2.24, 2.45) is 0 Å². The molecule has 0 amide bonds. The number of thiophene rings is 1. The Kier molecular flexibility index (Phi) is 4.42. The molecule has 27 heavy (non-hydrogen) atoms. The highest BCUT2D eigenvalue weighted by Gasteiger charge is 2.27. The second-order valence-corrected chi connectivity index (χ2v) is 9.76. The first-order valence-corrected chi connectivity index (χ1v) is 10.8. The minimum absolute atomic E-state index is 0.201. The number of fused-ring (bicyclic) bond motifs is 1. The zero-order chi connectivity index (χ0) is 19.2. The van der Waals surface area contributed by atoms with Crippen LogP contribution in [0, 0.1) is 6.92 Å². The van der Waals surface area contributed by atoms with Crippen molar-refractivity contribution in [2.45, 2.75) is 16.0 Å². The van der Waals surface area contributed by atoms with Crippen LogP contribution >= 0.6 is 22.9 Å². The summed E-state index contributed by atoms with van der Waals surface area (Å²) in [5.74, 6) is 0. The van der Waals surface area contributed by atoms with Crippen LogP contribution in [0.25, 0.3) is 21.3 Å². The van der Waals surface area contributed by atoms with Crippen LogP contribution in [0.3, 0.4) is 0 Å². The van der Waals surface area contributed by atoms with Gasteiger partial charge in [-0.25, -0.2) is 8.42 Å². The third-order valence-electron chi connectivity index (χ3n) is 4.23. The maximum Gasteiger partial charge on any atom is 0.249 e. The highest BCUT2D eigenvalue weighted by molar-refractivity contribution is 7.93. The molecule has 0 bridgehead atoms. The SMILES string of the molecule is Cc1cccc(S(=O)(=O)c2sc3[nH]c(=O)ccc3c2-c2ccc(Cl)cc2)c1. The van der Waals surface area contributed by atoms with E-state index in [1.807, 2.05) is 13.0 Å². The third-order valence-corrected chi connectivity index (χ3v) is 7.87. The molecule has 0 radical (unpaired) electrons. The highest BCUT2D eigenvalue weighted by Crippen LogP contribution is 2.42. The van der Waals surface area contributed by atoms with E-state index in [9.17, 15) is 13.2 Å².